The van der Waals surface area contributed by atoms with E-state index in [-0.39, 0.29) is 12.5 Å². The Morgan fingerprint density at radius 2 is 1.56 bits per heavy atom. The normalized spacial score (nSPS) is 12.6. The van der Waals surface area contributed by atoms with Crippen LogP contribution in [0, 0.1) is 5.92 Å². The lowest BCUT2D eigenvalue weighted by atomic mass is 10.2. The van der Waals surface area contributed by atoms with Gasteiger partial charge in [-0.2, -0.15) is 0 Å². The summed E-state index contributed by atoms with van der Waals surface area (Å²) in [6.07, 6.45) is 0. The number of ether oxygens (including phenoxy) is 4. The molecule has 1 atom stereocenters. The van der Waals surface area contributed by atoms with Crippen molar-refractivity contribution in [2.24, 2.45) is 11.7 Å². The van der Waals surface area contributed by atoms with Crippen LogP contribution in [0.3, 0.4) is 0 Å². The van der Waals surface area contributed by atoms with Gasteiger partial charge in [-0.3, -0.25) is 4.79 Å². The van der Waals surface area contributed by atoms with E-state index in [4.69, 9.17) is 24.7 Å². The summed E-state index contributed by atoms with van der Waals surface area (Å²) in [5.41, 5.74) is 4.95. The maximum atomic E-state index is 10.4. The molecule has 0 aromatic heterocycles. The Bertz CT molecular complexity index is 201. The number of primary amides is 1. The zero-order valence-corrected chi connectivity index (χ0v) is 11.4. The molecule has 0 spiro atoms. The van der Waals surface area contributed by atoms with Gasteiger partial charge in [0.1, 0.15) is 6.61 Å². The van der Waals surface area contributed by atoms with Crippen molar-refractivity contribution in [1.29, 1.82) is 0 Å². The molecule has 0 aromatic rings. The lowest BCUT2D eigenvalue weighted by molar-refractivity contribution is -0.123. The number of rotatable bonds is 13. The highest BCUT2D eigenvalue weighted by molar-refractivity contribution is 5.74. The maximum Gasteiger partial charge on any atom is 0.243 e. The Labute approximate surface area is 109 Å². The highest BCUT2D eigenvalue weighted by atomic mass is 16.5. The zero-order chi connectivity index (χ0) is 13.6. The third kappa shape index (κ3) is 13.4. The van der Waals surface area contributed by atoms with Gasteiger partial charge >= 0.3 is 0 Å². The van der Waals surface area contributed by atoms with Gasteiger partial charge in [0.2, 0.25) is 5.91 Å². The minimum atomic E-state index is -0.453. The number of hydrogen-bond acceptors (Lipinski definition) is 5. The molecule has 0 aliphatic carbocycles. The predicted octanol–water partition coefficient (Wildman–Crippen LogP) is 0.194. The van der Waals surface area contributed by atoms with Crippen LogP contribution in [-0.4, -0.2) is 58.8 Å². The SMILES string of the molecule is CCOCCOCCOCC(C)COCC(N)=O. The summed E-state index contributed by atoms with van der Waals surface area (Å²) in [6.45, 7) is 7.97. The van der Waals surface area contributed by atoms with Crippen molar-refractivity contribution in [3.8, 4) is 0 Å². The molecule has 0 rings (SSSR count). The van der Waals surface area contributed by atoms with Gasteiger partial charge in [0.05, 0.1) is 39.6 Å². The van der Waals surface area contributed by atoms with Crippen molar-refractivity contribution in [2.75, 3.05) is 52.9 Å². The first-order valence-corrected chi connectivity index (χ1v) is 6.26. The van der Waals surface area contributed by atoms with Gasteiger partial charge in [-0.1, -0.05) is 6.92 Å². The van der Waals surface area contributed by atoms with Gasteiger partial charge in [-0.05, 0) is 6.92 Å². The quantitative estimate of drug-likeness (QED) is 0.480. The van der Waals surface area contributed by atoms with E-state index in [9.17, 15) is 4.79 Å². The summed E-state index contributed by atoms with van der Waals surface area (Å²) in [7, 11) is 0. The Hall–Kier alpha value is -0.690. The molecular weight excluding hydrogens is 238 g/mol. The summed E-state index contributed by atoms with van der Waals surface area (Å²) in [6, 6.07) is 0. The van der Waals surface area contributed by atoms with Crippen molar-refractivity contribution in [3.63, 3.8) is 0 Å². The van der Waals surface area contributed by atoms with Crippen LogP contribution in [0.2, 0.25) is 0 Å². The molecule has 0 aromatic carbocycles. The van der Waals surface area contributed by atoms with Crippen LogP contribution in [0.4, 0.5) is 0 Å². The third-order valence-electron chi connectivity index (χ3n) is 2.00. The number of amides is 1. The van der Waals surface area contributed by atoms with E-state index in [2.05, 4.69) is 0 Å². The lowest BCUT2D eigenvalue weighted by Crippen LogP contribution is -2.22. The average Bonchev–Trinajstić information content (AvgIpc) is 2.32. The molecule has 1 amide bonds. The molecule has 1 unspecified atom stereocenters. The molecule has 0 saturated heterocycles. The van der Waals surface area contributed by atoms with Crippen LogP contribution in [0.15, 0.2) is 0 Å². The van der Waals surface area contributed by atoms with Crippen LogP contribution >= 0.6 is 0 Å². The molecule has 0 aliphatic rings. The zero-order valence-electron chi connectivity index (χ0n) is 11.4. The fourth-order valence-electron chi connectivity index (χ4n) is 1.18. The van der Waals surface area contributed by atoms with Gasteiger partial charge < -0.3 is 24.7 Å². The fraction of sp³-hybridized carbons (Fsp3) is 0.917. The highest BCUT2D eigenvalue weighted by Gasteiger charge is 2.03. The fourth-order valence-corrected chi connectivity index (χ4v) is 1.18. The first-order chi connectivity index (χ1) is 8.66. The molecule has 108 valence electrons. The Morgan fingerprint density at radius 3 is 2.17 bits per heavy atom. The Kier molecular flexibility index (Phi) is 12.3. The molecule has 2 N–H and O–H groups in total. The van der Waals surface area contributed by atoms with E-state index in [1.54, 1.807) is 0 Å². The lowest BCUT2D eigenvalue weighted by Gasteiger charge is -2.12. The predicted molar refractivity (Wildman–Crippen MR) is 67.3 cm³/mol. The van der Waals surface area contributed by atoms with Crippen molar-refractivity contribution >= 4 is 5.91 Å². The first-order valence-electron chi connectivity index (χ1n) is 6.26. The minimum Gasteiger partial charge on any atom is -0.379 e. The van der Waals surface area contributed by atoms with E-state index < -0.39 is 5.91 Å². The van der Waals surface area contributed by atoms with Crippen LogP contribution in [0.1, 0.15) is 13.8 Å². The van der Waals surface area contributed by atoms with Crippen molar-refractivity contribution < 1.29 is 23.7 Å². The van der Waals surface area contributed by atoms with Gasteiger partial charge in [0.25, 0.3) is 0 Å². The van der Waals surface area contributed by atoms with E-state index in [1.165, 1.54) is 0 Å². The van der Waals surface area contributed by atoms with Crippen LogP contribution in [0.25, 0.3) is 0 Å². The number of carbonyl (C=O) groups excluding carboxylic acids is 1. The second kappa shape index (κ2) is 12.8. The maximum absolute atomic E-state index is 10.4. The van der Waals surface area contributed by atoms with E-state index in [0.29, 0.717) is 46.2 Å². The second-order valence-electron chi connectivity index (χ2n) is 3.97. The van der Waals surface area contributed by atoms with Gasteiger partial charge in [0.15, 0.2) is 0 Å². The summed E-state index contributed by atoms with van der Waals surface area (Å²) in [4.78, 5) is 10.4. The molecule has 6 heteroatoms. The standard InChI is InChI=1S/C12H25NO5/c1-3-15-4-5-16-6-7-17-8-11(2)9-18-10-12(13)14/h11H,3-10H2,1-2H3,(H2,13,14). The number of nitrogens with two attached hydrogens (primary N) is 1. The number of carbonyl (C=O) groups is 1. The Balaban J connectivity index is 3.15. The van der Waals surface area contributed by atoms with Crippen LogP contribution < -0.4 is 5.73 Å². The molecule has 0 heterocycles. The summed E-state index contributed by atoms with van der Waals surface area (Å²) < 4.78 is 20.9. The molecule has 6 nitrogen and oxygen atoms in total. The molecule has 0 radical (unpaired) electrons. The van der Waals surface area contributed by atoms with Crippen molar-refractivity contribution in [2.45, 2.75) is 13.8 Å². The van der Waals surface area contributed by atoms with E-state index in [0.717, 1.165) is 0 Å². The molecule has 0 bridgehead atoms. The molecule has 0 fully saturated rings. The van der Waals surface area contributed by atoms with E-state index >= 15 is 0 Å². The smallest absolute Gasteiger partial charge is 0.243 e. The van der Waals surface area contributed by atoms with Crippen molar-refractivity contribution in [1.82, 2.24) is 0 Å². The van der Waals surface area contributed by atoms with Gasteiger partial charge in [0, 0.05) is 12.5 Å². The van der Waals surface area contributed by atoms with Crippen LogP contribution in [0.5, 0.6) is 0 Å². The summed E-state index contributed by atoms with van der Waals surface area (Å²) >= 11 is 0. The molecule has 0 saturated carbocycles. The summed E-state index contributed by atoms with van der Waals surface area (Å²) in [5.74, 6) is -0.224. The monoisotopic (exact) mass is 263 g/mol. The topological polar surface area (TPSA) is 80.0 Å². The highest BCUT2D eigenvalue weighted by Crippen LogP contribution is 1.96. The second-order valence-corrected chi connectivity index (χ2v) is 3.97. The van der Waals surface area contributed by atoms with Gasteiger partial charge in [-0.25, -0.2) is 0 Å². The Morgan fingerprint density at radius 1 is 1.00 bits per heavy atom. The molecular formula is C12H25NO5. The average molecular weight is 263 g/mol. The summed E-state index contributed by atoms with van der Waals surface area (Å²) in [5, 5.41) is 0. The molecule has 0 aliphatic heterocycles. The van der Waals surface area contributed by atoms with Gasteiger partial charge in [-0.15, -0.1) is 0 Å². The molecule has 18 heavy (non-hydrogen) atoms. The number of hydrogen-bond donors (Lipinski definition) is 1. The van der Waals surface area contributed by atoms with Crippen LogP contribution in [-0.2, 0) is 23.7 Å². The largest absolute Gasteiger partial charge is 0.379 e. The minimum absolute atomic E-state index is 0.0368. The third-order valence-corrected chi connectivity index (χ3v) is 2.00. The van der Waals surface area contributed by atoms with E-state index in [1.807, 2.05) is 13.8 Å². The first kappa shape index (κ1) is 17.3. The van der Waals surface area contributed by atoms with Crippen molar-refractivity contribution in [3.05, 3.63) is 0 Å².